The largest absolute Gasteiger partial charge is 0.355 e. The molecule has 1 saturated heterocycles. The number of likely N-dealkylation sites (tertiary alicyclic amines) is 1. The molecule has 1 N–H and O–H groups in total. The topological polar surface area (TPSA) is 52.7 Å². The van der Waals surface area contributed by atoms with E-state index in [1.165, 1.54) is 38.5 Å². The number of rotatable bonds is 6. The lowest BCUT2D eigenvalue weighted by Crippen LogP contribution is -2.51. The van der Waals surface area contributed by atoms with Crippen LogP contribution in [0.25, 0.3) is 0 Å². The van der Waals surface area contributed by atoms with Crippen LogP contribution in [0.3, 0.4) is 0 Å². The Balaban J connectivity index is 1.81. The van der Waals surface area contributed by atoms with Crippen molar-refractivity contribution in [3.63, 3.8) is 0 Å². The lowest BCUT2D eigenvalue weighted by Gasteiger charge is -2.44. The zero-order chi connectivity index (χ0) is 15.9. The normalized spacial score (nSPS) is 25.4. The molecule has 1 saturated carbocycles. The molecule has 0 aromatic carbocycles. The van der Waals surface area contributed by atoms with Gasteiger partial charge in [0.05, 0.1) is 13.1 Å². The monoisotopic (exact) mass is 309 g/mol. The number of fused-ring (bicyclic) bond motifs is 1. The first kappa shape index (κ1) is 17.3. The van der Waals surface area contributed by atoms with Gasteiger partial charge in [-0.2, -0.15) is 0 Å². The first-order chi connectivity index (χ1) is 10.6. The molecule has 0 aromatic heterocycles. The van der Waals surface area contributed by atoms with E-state index >= 15 is 0 Å². The summed E-state index contributed by atoms with van der Waals surface area (Å²) < 4.78 is 0. The molecule has 2 fully saturated rings. The molecule has 126 valence electrons. The minimum atomic E-state index is -0.0631. The quantitative estimate of drug-likeness (QED) is 0.811. The summed E-state index contributed by atoms with van der Waals surface area (Å²) in [6.45, 7) is 4.37. The molecule has 2 rings (SSSR count). The maximum Gasteiger partial charge on any atom is 0.239 e. The first-order valence-electron chi connectivity index (χ1n) is 8.86. The van der Waals surface area contributed by atoms with Crippen LogP contribution in [0.4, 0.5) is 0 Å². The number of likely N-dealkylation sites (N-methyl/N-ethyl adjacent to an activating group) is 1. The van der Waals surface area contributed by atoms with Crippen LogP contribution >= 0.6 is 0 Å². The SMILES string of the molecule is CCCNC(=O)CN(C)C(=O)CN1CCCC2CCCCC21. The van der Waals surface area contributed by atoms with Crippen LogP contribution in [-0.2, 0) is 9.59 Å². The highest BCUT2D eigenvalue weighted by Crippen LogP contribution is 2.35. The highest BCUT2D eigenvalue weighted by atomic mass is 16.2. The second-order valence-corrected chi connectivity index (χ2v) is 6.82. The number of carbonyl (C=O) groups is 2. The average Bonchev–Trinajstić information content (AvgIpc) is 2.53. The fourth-order valence-electron chi connectivity index (χ4n) is 3.84. The zero-order valence-electron chi connectivity index (χ0n) is 14.1. The summed E-state index contributed by atoms with van der Waals surface area (Å²) in [5, 5.41) is 2.82. The third-order valence-electron chi connectivity index (χ3n) is 5.08. The molecule has 0 bridgehead atoms. The Kier molecular flexibility index (Phi) is 6.68. The van der Waals surface area contributed by atoms with Crippen LogP contribution in [0.15, 0.2) is 0 Å². The first-order valence-corrected chi connectivity index (χ1v) is 8.86. The third-order valence-corrected chi connectivity index (χ3v) is 5.08. The van der Waals surface area contributed by atoms with E-state index in [0.29, 0.717) is 19.1 Å². The molecule has 1 aliphatic carbocycles. The Morgan fingerprint density at radius 2 is 1.91 bits per heavy atom. The smallest absolute Gasteiger partial charge is 0.239 e. The van der Waals surface area contributed by atoms with Gasteiger partial charge in [-0.15, -0.1) is 0 Å². The van der Waals surface area contributed by atoms with E-state index in [0.717, 1.165) is 18.9 Å². The predicted molar refractivity (Wildman–Crippen MR) is 87.5 cm³/mol. The zero-order valence-corrected chi connectivity index (χ0v) is 14.1. The Bertz CT molecular complexity index is 384. The van der Waals surface area contributed by atoms with Gasteiger partial charge in [0.1, 0.15) is 0 Å². The van der Waals surface area contributed by atoms with Crippen molar-refractivity contribution < 1.29 is 9.59 Å². The molecule has 22 heavy (non-hydrogen) atoms. The fraction of sp³-hybridized carbons (Fsp3) is 0.882. The van der Waals surface area contributed by atoms with E-state index in [4.69, 9.17) is 0 Å². The van der Waals surface area contributed by atoms with Gasteiger partial charge in [-0.05, 0) is 44.6 Å². The number of piperidine rings is 1. The maximum atomic E-state index is 12.4. The Hall–Kier alpha value is -1.10. The maximum absolute atomic E-state index is 12.4. The van der Waals surface area contributed by atoms with Crippen molar-refractivity contribution in [2.24, 2.45) is 5.92 Å². The van der Waals surface area contributed by atoms with Gasteiger partial charge in [0, 0.05) is 19.6 Å². The van der Waals surface area contributed by atoms with Gasteiger partial charge < -0.3 is 10.2 Å². The molecule has 2 unspecified atom stereocenters. The third kappa shape index (κ3) is 4.70. The molecular formula is C17H31N3O2. The molecule has 0 spiro atoms. The Morgan fingerprint density at radius 3 is 2.68 bits per heavy atom. The molecular weight excluding hydrogens is 278 g/mol. The molecule has 0 radical (unpaired) electrons. The highest BCUT2D eigenvalue weighted by Gasteiger charge is 2.34. The lowest BCUT2D eigenvalue weighted by molar-refractivity contribution is -0.136. The number of nitrogens with one attached hydrogen (secondary N) is 1. The summed E-state index contributed by atoms with van der Waals surface area (Å²) in [7, 11) is 1.73. The summed E-state index contributed by atoms with van der Waals surface area (Å²) in [6.07, 6.45) is 8.64. The van der Waals surface area contributed by atoms with E-state index in [9.17, 15) is 9.59 Å². The minimum absolute atomic E-state index is 0.0631. The van der Waals surface area contributed by atoms with Crippen molar-refractivity contribution >= 4 is 11.8 Å². The minimum Gasteiger partial charge on any atom is -0.355 e. The van der Waals surface area contributed by atoms with E-state index in [2.05, 4.69) is 10.2 Å². The van der Waals surface area contributed by atoms with Crippen molar-refractivity contribution in [3.05, 3.63) is 0 Å². The number of hydrogen-bond donors (Lipinski definition) is 1. The van der Waals surface area contributed by atoms with Crippen molar-refractivity contribution in [1.29, 1.82) is 0 Å². The van der Waals surface area contributed by atoms with E-state index in [-0.39, 0.29) is 18.4 Å². The molecule has 2 atom stereocenters. The van der Waals surface area contributed by atoms with Crippen molar-refractivity contribution in [3.8, 4) is 0 Å². The van der Waals surface area contributed by atoms with Crippen molar-refractivity contribution in [1.82, 2.24) is 15.1 Å². The summed E-state index contributed by atoms with van der Waals surface area (Å²) >= 11 is 0. The van der Waals surface area contributed by atoms with Crippen molar-refractivity contribution in [2.45, 2.75) is 57.9 Å². The molecule has 0 aromatic rings. The van der Waals surface area contributed by atoms with Crippen LogP contribution in [0.5, 0.6) is 0 Å². The summed E-state index contributed by atoms with van der Waals surface area (Å²) in [6, 6.07) is 0.591. The van der Waals surface area contributed by atoms with Gasteiger partial charge >= 0.3 is 0 Å². The molecule has 5 nitrogen and oxygen atoms in total. The highest BCUT2D eigenvalue weighted by molar-refractivity contribution is 5.85. The average molecular weight is 309 g/mol. The Labute approximate surface area is 134 Å². The number of hydrogen-bond acceptors (Lipinski definition) is 3. The van der Waals surface area contributed by atoms with E-state index in [1.807, 2.05) is 6.92 Å². The van der Waals surface area contributed by atoms with Crippen LogP contribution in [0.2, 0.25) is 0 Å². The fourth-order valence-corrected chi connectivity index (χ4v) is 3.84. The Morgan fingerprint density at radius 1 is 1.18 bits per heavy atom. The van der Waals surface area contributed by atoms with Gasteiger partial charge in [0.15, 0.2) is 0 Å². The summed E-state index contributed by atoms with van der Waals surface area (Å²) in [4.78, 5) is 28.1. The summed E-state index contributed by atoms with van der Waals surface area (Å²) in [5.41, 5.74) is 0. The lowest BCUT2D eigenvalue weighted by atomic mass is 9.78. The van der Waals surface area contributed by atoms with Crippen LogP contribution < -0.4 is 5.32 Å². The number of nitrogens with zero attached hydrogens (tertiary/aromatic N) is 2. The van der Waals surface area contributed by atoms with Gasteiger partial charge in [0.25, 0.3) is 0 Å². The van der Waals surface area contributed by atoms with Crippen LogP contribution in [0.1, 0.15) is 51.9 Å². The number of carbonyl (C=O) groups excluding carboxylic acids is 2. The van der Waals surface area contributed by atoms with Gasteiger partial charge in [-0.25, -0.2) is 0 Å². The molecule has 2 amide bonds. The van der Waals surface area contributed by atoms with E-state index in [1.54, 1.807) is 11.9 Å². The molecule has 5 heteroatoms. The summed E-state index contributed by atoms with van der Waals surface area (Å²) in [5.74, 6) is 0.790. The van der Waals surface area contributed by atoms with Crippen molar-refractivity contribution in [2.75, 3.05) is 33.2 Å². The second-order valence-electron chi connectivity index (χ2n) is 6.82. The van der Waals surface area contributed by atoms with Crippen LogP contribution in [0, 0.1) is 5.92 Å². The van der Waals surface area contributed by atoms with E-state index < -0.39 is 0 Å². The second kappa shape index (κ2) is 8.51. The van der Waals surface area contributed by atoms with Gasteiger partial charge in [-0.3, -0.25) is 14.5 Å². The van der Waals surface area contributed by atoms with Crippen LogP contribution in [-0.4, -0.2) is 60.9 Å². The van der Waals surface area contributed by atoms with Gasteiger partial charge in [0.2, 0.25) is 11.8 Å². The van der Waals surface area contributed by atoms with Gasteiger partial charge in [-0.1, -0.05) is 19.8 Å². The molecule has 1 aliphatic heterocycles. The number of amides is 2. The predicted octanol–water partition coefficient (Wildman–Crippen LogP) is 1.63. The standard InChI is InChI=1S/C17H31N3O2/c1-3-10-18-16(21)12-19(2)17(22)13-20-11-6-8-14-7-4-5-9-15(14)20/h14-15H,3-13H2,1-2H3,(H,18,21). The molecule has 2 aliphatic rings. The molecule has 1 heterocycles.